The maximum Gasteiger partial charge on any atom is 0.417 e. The Hall–Kier alpha value is -1.39. The maximum atomic E-state index is 12.7. The highest BCUT2D eigenvalue weighted by molar-refractivity contribution is 7.89. The summed E-state index contributed by atoms with van der Waals surface area (Å²) in [4.78, 5) is 14.4. The molecule has 1 fully saturated rings. The summed E-state index contributed by atoms with van der Waals surface area (Å²) < 4.78 is 64.4. The van der Waals surface area contributed by atoms with Gasteiger partial charge >= 0.3 is 6.18 Å². The molecule has 11 heteroatoms. The molecular weight excluding hydrogens is 383 g/mol. The van der Waals surface area contributed by atoms with E-state index >= 15 is 0 Å². The number of hydrogen-bond donors (Lipinski definition) is 1. The third kappa shape index (κ3) is 4.83. The molecule has 2 rings (SSSR count). The van der Waals surface area contributed by atoms with E-state index in [1.165, 1.54) is 6.92 Å². The highest BCUT2D eigenvalue weighted by Gasteiger charge is 2.36. The third-order valence-electron chi connectivity index (χ3n) is 3.84. The first-order valence-corrected chi connectivity index (χ1v) is 9.31. The van der Waals surface area contributed by atoms with Crippen LogP contribution in [-0.2, 0) is 21.0 Å². The molecule has 1 aliphatic heterocycles. The molecule has 1 aromatic rings. The topological polar surface area (TPSA) is 79.4 Å². The van der Waals surface area contributed by atoms with Crippen LogP contribution in [-0.4, -0.2) is 43.2 Å². The molecule has 0 radical (unpaired) electrons. The Bertz CT molecular complexity index is 755. The predicted molar refractivity (Wildman–Crippen MR) is 84.4 cm³/mol. The molecule has 0 spiro atoms. The maximum absolute atomic E-state index is 12.7. The van der Waals surface area contributed by atoms with E-state index in [4.69, 9.17) is 11.6 Å². The Morgan fingerprint density at radius 1 is 1.48 bits per heavy atom. The number of nitrogens with one attached hydrogen (secondary N) is 1. The molecular formula is C14H17ClF3N3O3S. The highest BCUT2D eigenvalue weighted by Crippen LogP contribution is 2.33. The SMILES string of the molecule is CC(=O)NCC1CCCN(S(=O)(=O)c2ncc(C(F)(F)F)cc2Cl)C1. The molecule has 1 aromatic heterocycles. The van der Waals surface area contributed by atoms with Crippen molar-refractivity contribution < 1.29 is 26.4 Å². The quantitative estimate of drug-likeness (QED) is 0.842. The average molecular weight is 400 g/mol. The molecule has 1 aliphatic rings. The lowest BCUT2D eigenvalue weighted by molar-refractivity contribution is -0.137. The van der Waals surface area contributed by atoms with Gasteiger partial charge in [-0.3, -0.25) is 4.79 Å². The number of aromatic nitrogens is 1. The fourth-order valence-corrected chi connectivity index (χ4v) is 4.56. The molecule has 0 saturated carbocycles. The molecule has 0 aliphatic carbocycles. The molecule has 1 N–H and O–H groups in total. The minimum atomic E-state index is -4.66. The van der Waals surface area contributed by atoms with Crippen molar-refractivity contribution in [3.8, 4) is 0 Å². The summed E-state index contributed by atoms with van der Waals surface area (Å²) >= 11 is 5.75. The number of hydrogen-bond acceptors (Lipinski definition) is 4. The molecule has 1 atom stereocenters. The van der Waals surface area contributed by atoms with Crippen LogP contribution in [0.15, 0.2) is 17.3 Å². The summed E-state index contributed by atoms with van der Waals surface area (Å²) in [6.07, 6.45) is -2.90. The van der Waals surface area contributed by atoms with Gasteiger partial charge in [0.2, 0.25) is 5.91 Å². The van der Waals surface area contributed by atoms with Gasteiger partial charge in [0.25, 0.3) is 10.0 Å². The van der Waals surface area contributed by atoms with Crippen molar-refractivity contribution in [3.63, 3.8) is 0 Å². The first-order valence-electron chi connectivity index (χ1n) is 7.49. The molecule has 140 valence electrons. The number of carbonyl (C=O) groups is 1. The Morgan fingerprint density at radius 3 is 2.72 bits per heavy atom. The van der Waals surface area contributed by atoms with Gasteiger partial charge in [0.15, 0.2) is 5.03 Å². The van der Waals surface area contributed by atoms with Gasteiger partial charge in [-0.15, -0.1) is 0 Å². The van der Waals surface area contributed by atoms with Crippen LogP contribution in [0, 0.1) is 5.92 Å². The van der Waals surface area contributed by atoms with E-state index in [-0.39, 0.29) is 24.9 Å². The normalized spacial score (nSPS) is 19.6. The van der Waals surface area contributed by atoms with Crippen LogP contribution >= 0.6 is 11.6 Å². The van der Waals surface area contributed by atoms with Crippen molar-refractivity contribution in [2.24, 2.45) is 5.92 Å². The lowest BCUT2D eigenvalue weighted by atomic mass is 10.00. The smallest absolute Gasteiger partial charge is 0.356 e. The Morgan fingerprint density at radius 2 is 2.16 bits per heavy atom. The summed E-state index contributed by atoms with van der Waals surface area (Å²) in [5.74, 6) is -0.298. The van der Waals surface area contributed by atoms with Gasteiger partial charge in [0.05, 0.1) is 10.6 Å². The van der Waals surface area contributed by atoms with Gasteiger partial charge in [0.1, 0.15) is 0 Å². The minimum absolute atomic E-state index is 0.0827. The summed E-state index contributed by atoms with van der Waals surface area (Å²) in [6.45, 7) is 2.05. The van der Waals surface area contributed by atoms with Crippen LogP contribution < -0.4 is 5.32 Å². The van der Waals surface area contributed by atoms with Gasteiger partial charge in [0, 0.05) is 32.8 Å². The Labute approximate surface area is 148 Å². The number of piperidine rings is 1. The molecule has 6 nitrogen and oxygen atoms in total. The lowest BCUT2D eigenvalue weighted by Gasteiger charge is -2.31. The van der Waals surface area contributed by atoms with Crippen LogP contribution in [0.25, 0.3) is 0 Å². The van der Waals surface area contributed by atoms with Gasteiger partial charge in [-0.25, -0.2) is 13.4 Å². The van der Waals surface area contributed by atoms with Gasteiger partial charge in [-0.05, 0) is 24.8 Å². The fourth-order valence-electron chi connectivity index (χ4n) is 2.59. The molecule has 1 amide bonds. The summed E-state index contributed by atoms with van der Waals surface area (Å²) in [7, 11) is -4.12. The second-order valence-corrected chi connectivity index (χ2v) is 8.08. The summed E-state index contributed by atoms with van der Waals surface area (Å²) in [5.41, 5.74) is -1.11. The third-order valence-corrected chi connectivity index (χ3v) is 6.07. The van der Waals surface area contributed by atoms with Crippen molar-refractivity contribution in [3.05, 3.63) is 22.8 Å². The van der Waals surface area contributed by atoms with Crippen LogP contribution in [0.1, 0.15) is 25.3 Å². The van der Waals surface area contributed by atoms with Crippen molar-refractivity contribution in [2.75, 3.05) is 19.6 Å². The van der Waals surface area contributed by atoms with E-state index in [0.717, 1.165) is 10.7 Å². The molecule has 2 heterocycles. The standard InChI is InChI=1S/C14H17ClF3N3O3S/c1-9(22)19-6-10-3-2-4-21(8-10)25(23,24)13-12(15)5-11(7-20-13)14(16,17)18/h5,7,10H,2-4,6,8H2,1H3,(H,19,22). The van der Waals surface area contributed by atoms with E-state index in [0.29, 0.717) is 25.2 Å². The van der Waals surface area contributed by atoms with Gasteiger partial charge in [-0.2, -0.15) is 17.5 Å². The van der Waals surface area contributed by atoms with Crippen LogP contribution in [0.2, 0.25) is 5.02 Å². The number of nitrogens with zero attached hydrogens (tertiary/aromatic N) is 2. The lowest BCUT2D eigenvalue weighted by Crippen LogP contribution is -2.43. The second-order valence-electron chi connectivity index (χ2n) is 5.82. The van der Waals surface area contributed by atoms with Crippen LogP contribution in [0.4, 0.5) is 13.2 Å². The monoisotopic (exact) mass is 399 g/mol. The largest absolute Gasteiger partial charge is 0.417 e. The predicted octanol–water partition coefficient (Wildman–Crippen LogP) is 2.29. The Kier molecular flexibility index (Phi) is 5.95. The van der Waals surface area contributed by atoms with Crippen molar-refractivity contribution in [1.29, 1.82) is 0 Å². The molecule has 1 saturated heterocycles. The van der Waals surface area contributed by atoms with Crippen LogP contribution in [0.3, 0.4) is 0 Å². The summed E-state index contributed by atoms with van der Waals surface area (Å²) in [5, 5.41) is 1.47. The number of rotatable bonds is 4. The highest BCUT2D eigenvalue weighted by atomic mass is 35.5. The van der Waals surface area contributed by atoms with Gasteiger partial charge < -0.3 is 5.32 Å². The van der Waals surface area contributed by atoms with E-state index in [1.807, 2.05) is 0 Å². The minimum Gasteiger partial charge on any atom is -0.356 e. The zero-order valence-corrected chi connectivity index (χ0v) is 14.9. The number of alkyl halides is 3. The second kappa shape index (κ2) is 7.46. The fraction of sp³-hybridized carbons (Fsp3) is 0.571. The zero-order valence-electron chi connectivity index (χ0n) is 13.3. The first kappa shape index (κ1) is 19.9. The van der Waals surface area contributed by atoms with Crippen molar-refractivity contribution >= 4 is 27.5 Å². The average Bonchev–Trinajstić information content (AvgIpc) is 2.52. The number of sulfonamides is 1. The van der Waals surface area contributed by atoms with E-state index in [2.05, 4.69) is 10.3 Å². The van der Waals surface area contributed by atoms with E-state index in [9.17, 15) is 26.4 Å². The van der Waals surface area contributed by atoms with E-state index < -0.39 is 31.8 Å². The summed E-state index contributed by atoms with van der Waals surface area (Å²) in [6, 6.07) is 0.556. The van der Waals surface area contributed by atoms with E-state index in [1.54, 1.807) is 0 Å². The molecule has 25 heavy (non-hydrogen) atoms. The number of halogens is 4. The number of amides is 1. The van der Waals surface area contributed by atoms with Crippen LogP contribution in [0.5, 0.6) is 0 Å². The molecule has 0 bridgehead atoms. The zero-order chi connectivity index (χ0) is 18.8. The molecule has 1 unspecified atom stereocenters. The van der Waals surface area contributed by atoms with Crippen molar-refractivity contribution in [2.45, 2.75) is 31.0 Å². The Balaban J connectivity index is 2.21. The van der Waals surface area contributed by atoms with Gasteiger partial charge in [-0.1, -0.05) is 11.6 Å². The van der Waals surface area contributed by atoms with Crippen molar-refractivity contribution in [1.82, 2.24) is 14.6 Å². The molecule has 0 aromatic carbocycles. The number of carbonyl (C=O) groups excluding carboxylic acids is 1. The first-order chi connectivity index (χ1) is 11.5. The number of pyridine rings is 1.